The summed E-state index contributed by atoms with van der Waals surface area (Å²) in [5.74, 6) is 1.41. The Morgan fingerprint density at radius 3 is 2.52 bits per heavy atom. The van der Waals surface area contributed by atoms with Gasteiger partial charge in [-0.2, -0.15) is 0 Å². The minimum absolute atomic E-state index is 0.0239. The van der Waals surface area contributed by atoms with E-state index in [1.54, 1.807) is 0 Å². The predicted octanol–water partition coefficient (Wildman–Crippen LogP) is 2.35. The summed E-state index contributed by atoms with van der Waals surface area (Å²) in [7, 11) is 0. The number of nitrogens with one attached hydrogen (secondary N) is 3. The highest BCUT2D eigenvalue weighted by Crippen LogP contribution is 2.17. The van der Waals surface area contributed by atoms with Gasteiger partial charge in [0.25, 0.3) is 0 Å². The van der Waals surface area contributed by atoms with Crippen LogP contribution in [0.15, 0.2) is 11.2 Å². The van der Waals surface area contributed by atoms with E-state index < -0.39 is 0 Å². The Morgan fingerprint density at radius 1 is 1.24 bits per heavy atom. The van der Waals surface area contributed by atoms with Crippen LogP contribution in [0.25, 0.3) is 0 Å². The van der Waals surface area contributed by atoms with Crippen molar-refractivity contribution in [1.82, 2.24) is 15.3 Å². The molecule has 3 N–H and O–H groups in total. The van der Waals surface area contributed by atoms with Crippen LogP contribution in [0, 0.1) is 0 Å². The van der Waals surface area contributed by atoms with E-state index in [0.29, 0.717) is 17.5 Å². The van der Waals surface area contributed by atoms with Crippen LogP contribution in [0.4, 0.5) is 11.6 Å². The Balaban J connectivity index is 2.74. The Hall–Kier alpha value is -1.50. The summed E-state index contributed by atoms with van der Waals surface area (Å²) in [5, 5.41) is 9.91. The summed E-state index contributed by atoms with van der Waals surface area (Å²) in [4.78, 5) is 20.7. The highest BCUT2D eigenvalue weighted by atomic mass is 32.2. The minimum Gasteiger partial charge on any atom is -0.370 e. The summed E-state index contributed by atoms with van der Waals surface area (Å²) < 4.78 is 0. The molecule has 7 heteroatoms. The van der Waals surface area contributed by atoms with Gasteiger partial charge in [-0.1, -0.05) is 25.6 Å². The lowest BCUT2D eigenvalue weighted by Gasteiger charge is -2.15. The standard InChI is InChI=1S/C14H25N5OS/c1-5-7-15-11-9-12(19-14(18-11)21-4)17-10(3)13(20)16-8-6-2/h9-10H,5-8H2,1-4H3,(H,16,20)(H2,15,17,18,19). The van der Waals surface area contributed by atoms with Gasteiger partial charge < -0.3 is 16.0 Å². The quantitative estimate of drug-likeness (QED) is 0.480. The highest BCUT2D eigenvalue weighted by molar-refractivity contribution is 7.98. The molecule has 0 fully saturated rings. The van der Waals surface area contributed by atoms with E-state index in [4.69, 9.17) is 0 Å². The van der Waals surface area contributed by atoms with Crippen LogP contribution in [0.3, 0.4) is 0 Å². The molecule has 1 unspecified atom stereocenters. The van der Waals surface area contributed by atoms with E-state index in [9.17, 15) is 4.79 Å². The molecule has 0 aliphatic carbocycles. The van der Waals surface area contributed by atoms with Gasteiger partial charge in [0.05, 0.1) is 0 Å². The largest absolute Gasteiger partial charge is 0.370 e. The molecule has 0 radical (unpaired) electrons. The maximum absolute atomic E-state index is 11.9. The Bertz CT molecular complexity index is 455. The van der Waals surface area contributed by atoms with Gasteiger partial charge in [-0.05, 0) is 26.0 Å². The van der Waals surface area contributed by atoms with Gasteiger partial charge in [-0.15, -0.1) is 0 Å². The summed E-state index contributed by atoms with van der Waals surface area (Å²) in [5.41, 5.74) is 0. The zero-order valence-electron chi connectivity index (χ0n) is 13.2. The van der Waals surface area contributed by atoms with Crippen molar-refractivity contribution in [3.63, 3.8) is 0 Å². The third-order valence-electron chi connectivity index (χ3n) is 2.75. The molecule has 1 amide bonds. The fourth-order valence-corrected chi connectivity index (χ4v) is 2.00. The molecular weight excluding hydrogens is 286 g/mol. The number of hydrogen-bond acceptors (Lipinski definition) is 6. The van der Waals surface area contributed by atoms with Crippen molar-refractivity contribution in [3.8, 4) is 0 Å². The second kappa shape index (κ2) is 9.44. The van der Waals surface area contributed by atoms with Gasteiger partial charge in [-0.25, -0.2) is 9.97 Å². The van der Waals surface area contributed by atoms with E-state index in [-0.39, 0.29) is 11.9 Å². The van der Waals surface area contributed by atoms with Crippen LogP contribution in [0.2, 0.25) is 0 Å². The van der Waals surface area contributed by atoms with E-state index in [1.165, 1.54) is 11.8 Å². The number of carbonyl (C=O) groups is 1. The molecule has 1 aromatic heterocycles. The third kappa shape index (κ3) is 6.20. The summed E-state index contributed by atoms with van der Waals surface area (Å²) in [6.45, 7) is 7.50. The first kappa shape index (κ1) is 17.6. The number of anilines is 2. The molecule has 0 saturated heterocycles. The van der Waals surface area contributed by atoms with E-state index in [0.717, 1.165) is 25.2 Å². The number of carbonyl (C=O) groups excluding carboxylic acids is 1. The van der Waals surface area contributed by atoms with Crippen LogP contribution in [-0.2, 0) is 4.79 Å². The highest BCUT2D eigenvalue weighted by Gasteiger charge is 2.13. The number of hydrogen-bond donors (Lipinski definition) is 3. The average molecular weight is 311 g/mol. The molecule has 1 atom stereocenters. The maximum Gasteiger partial charge on any atom is 0.242 e. The van der Waals surface area contributed by atoms with Gasteiger partial charge in [0.1, 0.15) is 17.7 Å². The van der Waals surface area contributed by atoms with Gasteiger partial charge in [-0.3, -0.25) is 4.79 Å². The molecule has 21 heavy (non-hydrogen) atoms. The Labute approximate surface area is 130 Å². The molecule has 1 aromatic rings. The SMILES string of the molecule is CCCNC(=O)C(C)Nc1cc(NCCC)nc(SC)n1. The third-order valence-corrected chi connectivity index (χ3v) is 3.30. The molecule has 1 heterocycles. The van der Waals surface area contributed by atoms with Gasteiger partial charge in [0.15, 0.2) is 5.16 Å². The number of aromatic nitrogens is 2. The first-order valence-electron chi connectivity index (χ1n) is 7.31. The molecule has 6 nitrogen and oxygen atoms in total. The molecule has 1 rings (SSSR count). The lowest BCUT2D eigenvalue weighted by molar-refractivity contribution is -0.121. The van der Waals surface area contributed by atoms with Crippen LogP contribution in [0.1, 0.15) is 33.6 Å². The molecule has 0 aliphatic heterocycles. The summed E-state index contributed by atoms with van der Waals surface area (Å²) >= 11 is 1.48. The van der Waals surface area contributed by atoms with Crippen molar-refractivity contribution in [2.24, 2.45) is 0 Å². The number of rotatable bonds is 9. The van der Waals surface area contributed by atoms with Crippen molar-refractivity contribution in [1.29, 1.82) is 0 Å². The van der Waals surface area contributed by atoms with Gasteiger partial charge in [0.2, 0.25) is 5.91 Å². The van der Waals surface area contributed by atoms with Crippen molar-refractivity contribution in [2.75, 3.05) is 30.0 Å². The monoisotopic (exact) mass is 311 g/mol. The van der Waals surface area contributed by atoms with Crippen molar-refractivity contribution < 1.29 is 4.79 Å². The lowest BCUT2D eigenvalue weighted by atomic mass is 10.3. The van der Waals surface area contributed by atoms with Gasteiger partial charge >= 0.3 is 0 Å². The van der Waals surface area contributed by atoms with Gasteiger partial charge in [0, 0.05) is 19.2 Å². The fraction of sp³-hybridized carbons (Fsp3) is 0.643. The first-order valence-corrected chi connectivity index (χ1v) is 8.54. The fourth-order valence-electron chi connectivity index (χ4n) is 1.62. The maximum atomic E-state index is 11.9. The predicted molar refractivity (Wildman–Crippen MR) is 89.0 cm³/mol. The van der Waals surface area contributed by atoms with Crippen molar-refractivity contribution in [3.05, 3.63) is 6.07 Å². The molecule has 0 aromatic carbocycles. The molecule has 118 valence electrons. The zero-order chi connectivity index (χ0) is 15.7. The van der Waals surface area contributed by atoms with Crippen LogP contribution in [-0.4, -0.2) is 41.3 Å². The first-order chi connectivity index (χ1) is 10.1. The Morgan fingerprint density at radius 2 is 1.90 bits per heavy atom. The second-order valence-electron chi connectivity index (χ2n) is 4.71. The topological polar surface area (TPSA) is 78.9 Å². The van der Waals surface area contributed by atoms with Crippen LogP contribution >= 0.6 is 11.8 Å². The van der Waals surface area contributed by atoms with Crippen molar-refractivity contribution >= 4 is 29.3 Å². The molecule has 0 bridgehead atoms. The van der Waals surface area contributed by atoms with Crippen LogP contribution < -0.4 is 16.0 Å². The normalized spacial score (nSPS) is 11.8. The minimum atomic E-state index is -0.333. The Kier molecular flexibility index (Phi) is 7.89. The number of thioether (sulfide) groups is 1. The van der Waals surface area contributed by atoms with E-state index >= 15 is 0 Å². The molecular formula is C14H25N5OS. The smallest absolute Gasteiger partial charge is 0.242 e. The lowest BCUT2D eigenvalue weighted by Crippen LogP contribution is -2.38. The summed E-state index contributed by atoms with van der Waals surface area (Å²) in [6, 6.07) is 1.50. The van der Waals surface area contributed by atoms with E-state index in [2.05, 4.69) is 32.8 Å². The van der Waals surface area contributed by atoms with Crippen molar-refractivity contribution in [2.45, 2.75) is 44.8 Å². The number of nitrogens with zero attached hydrogens (tertiary/aromatic N) is 2. The zero-order valence-corrected chi connectivity index (χ0v) is 14.0. The molecule has 0 aliphatic rings. The average Bonchev–Trinajstić information content (AvgIpc) is 2.50. The van der Waals surface area contributed by atoms with Crippen LogP contribution in [0.5, 0.6) is 0 Å². The molecule has 0 spiro atoms. The van der Waals surface area contributed by atoms with E-state index in [1.807, 2.05) is 26.2 Å². The summed E-state index contributed by atoms with van der Waals surface area (Å²) in [6.07, 6.45) is 3.88. The number of amides is 1. The molecule has 0 saturated carbocycles. The second-order valence-corrected chi connectivity index (χ2v) is 5.48.